The zero-order valence-corrected chi connectivity index (χ0v) is 14.4. The van der Waals surface area contributed by atoms with E-state index in [1.165, 1.54) is 0 Å². The number of aromatic nitrogens is 3. The van der Waals surface area contributed by atoms with Crippen molar-refractivity contribution in [2.45, 2.75) is 26.1 Å². The summed E-state index contributed by atoms with van der Waals surface area (Å²) in [5, 5.41) is 2.52. The van der Waals surface area contributed by atoms with Crippen molar-refractivity contribution in [1.82, 2.24) is 19.7 Å². The number of carbonyl (C=O) groups excluding carboxylic acids is 1. The molecule has 136 valence electrons. The number of fused-ring (bicyclic) bond motifs is 1. The molecule has 26 heavy (non-hydrogen) atoms. The van der Waals surface area contributed by atoms with E-state index in [9.17, 15) is 18.0 Å². The minimum atomic E-state index is -4.59. The second-order valence-corrected chi connectivity index (χ2v) is 5.98. The lowest BCUT2D eigenvalue weighted by Crippen LogP contribution is -2.25. The summed E-state index contributed by atoms with van der Waals surface area (Å²) in [7, 11) is 0. The predicted octanol–water partition coefficient (Wildman–Crippen LogP) is 3.89. The molecular weight excluding hydrogens is 369 g/mol. The van der Waals surface area contributed by atoms with Crippen LogP contribution in [0.3, 0.4) is 0 Å². The van der Waals surface area contributed by atoms with Crippen molar-refractivity contribution < 1.29 is 18.0 Å². The van der Waals surface area contributed by atoms with Gasteiger partial charge in [-0.05, 0) is 24.1 Å². The molecule has 0 saturated carbocycles. The van der Waals surface area contributed by atoms with Crippen LogP contribution in [0.5, 0.6) is 0 Å². The molecule has 3 aromatic heterocycles. The molecule has 0 atom stereocenters. The molecule has 0 aliphatic carbocycles. The molecule has 0 bridgehead atoms. The Kier molecular flexibility index (Phi) is 4.86. The number of halogens is 4. The van der Waals surface area contributed by atoms with E-state index in [-0.39, 0.29) is 22.9 Å². The summed E-state index contributed by atoms with van der Waals surface area (Å²) in [6.07, 6.45) is -0.181. The Morgan fingerprint density at radius 1 is 1.38 bits per heavy atom. The van der Waals surface area contributed by atoms with Crippen LogP contribution in [0.2, 0.25) is 5.02 Å². The molecule has 3 heterocycles. The van der Waals surface area contributed by atoms with E-state index in [1.54, 1.807) is 31.5 Å². The van der Waals surface area contributed by atoms with Crippen LogP contribution in [0.15, 0.2) is 36.8 Å². The van der Waals surface area contributed by atoms with Gasteiger partial charge in [-0.1, -0.05) is 24.6 Å². The Morgan fingerprint density at radius 3 is 2.77 bits per heavy atom. The van der Waals surface area contributed by atoms with E-state index in [0.29, 0.717) is 12.1 Å². The quantitative estimate of drug-likeness (QED) is 0.744. The second-order valence-electron chi connectivity index (χ2n) is 5.57. The third-order valence-electron chi connectivity index (χ3n) is 3.80. The first-order chi connectivity index (χ1) is 12.3. The summed E-state index contributed by atoms with van der Waals surface area (Å²) in [6, 6.07) is 4.31. The lowest BCUT2D eigenvalue weighted by Gasteiger charge is -2.10. The largest absolute Gasteiger partial charge is 0.417 e. The minimum Gasteiger partial charge on any atom is -0.347 e. The number of alkyl halides is 3. The van der Waals surface area contributed by atoms with Crippen molar-refractivity contribution in [3.63, 3.8) is 0 Å². The smallest absolute Gasteiger partial charge is 0.347 e. The van der Waals surface area contributed by atoms with Crippen LogP contribution < -0.4 is 5.32 Å². The van der Waals surface area contributed by atoms with E-state index in [0.717, 1.165) is 22.2 Å². The summed E-state index contributed by atoms with van der Waals surface area (Å²) in [5.41, 5.74) is 0.343. The van der Waals surface area contributed by atoms with Gasteiger partial charge in [-0.2, -0.15) is 13.2 Å². The SMILES string of the molecule is CCc1nc2c(Cl)cc(C(F)(F)F)cn2c1C(=O)NCc1cccnc1. The first-order valence-electron chi connectivity index (χ1n) is 7.76. The second kappa shape index (κ2) is 6.95. The fraction of sp³-hybridized carbons (Fsp3) is 0.235. The monoisotopic (exact) mass is 382 g/mol. The van der Waals surface area contributed by atoms with Gasteiger partial charge >= 0.3 is 6.18 Å². The van der Waals surface area contributed by atoms with Crippen molar-refractivity contribution in [3.05, 3.63) is 64.3 Å². The Morgan fingerprint density at radius 2 is 2.15 bits per heavy atom. The molecule has 0 aliphatic heterocycles. The predicted molar refractivity (Wildman–Crippen MR) is 90.0 cm³/mol. The summed E-state index contributed by atoms with van der Waals surface area (Å²) in [6.45, 7) is 1.95. The third kappa shape index (κ3) is 3.50. The molecule has 5 nitrogen and oxygen atoms in total. The van der Waals surface area contributed by atoms with E-state index >= 15 is 0 Å². The standard InChI is InChI=1S/C17H14ClF3N4O/c1-2-13-14(16(26)23-8-10-4-3-5-22-7-10)25-9-11(17(19,20)21)6-12(18)15(25)24-13/h3-7,9H,2,8H2,1H3,(H,23,26). The van der Waals surface area contributed by atoms with Gasteiger partial charge in [0.15, 0.2) is 5.65 Å². The number of amides is 1. The fourth-order valence-corrected chi connectivity index (χ4v) is 2.81. The third-order valence-corrected chi connectivity index (χ3v) is 4.08. The van der Waals surface area contributed by atoms with Crippen molar-refractivity contribution >= 4 is 23.2 Å². The molecule has 9 heteroatoms. The molecule has 0 saturated heterocycles. The van der Waals surface area contributed by atoms with Gasteiger partial charge in [0.1, 0.15) is 5.69 Å². The summed E-state index contributed by atoms with van der Waals surface area (Å²) < 4.78 is 40.4. The molecule has 0 aliphatic rings. The van der Waals surface area contributed by atoms with Crippen LogP contribution in [0.4, 0.5) is 13.2 Å². The highest BCUT2D eigenvalue weighted by atomic mass is 35.5. The highest BCUT2D eigenvalue weighted by molar-refractivity contribution is 6.33. The number of rotatable bonds is 4. The number of carbonyl (C=O) groups is 1. The molecule has 0 spiro atoms. The number of hydrogen-bond donors (Lipinski definition) is 1. The van der Waals surface area contributed by atoms with Gasteiger partial charge in [0.25, 0.3) is 5.91 Å². The molecule has 0 fully saturated rings. The number of nitrogens with zero attached hydrogens (tertiary/aromatic N) is 3. The number of hydrogen-bond acceptors (Lipinski definition) is 3. The average Bonchev–Trinajstić information content (AvgIpc) is 2.99. The summed E-state index contributed by atoms with van der Waals surface area (Å²) in [4.78, 5) is 20.8. The van der Waals surface area contributed by atoms with Gasteiger partial charge in [0, 0.05) is 25.1 Å². The van der Waals surface area contributed by atoms with E-state index in [1.807, 2.05) is 0 Å². The maximum absolute atomic E-state index is 13.1. The van der Waals surface area contributed by atoms with E-state index in [4.69, 9.17) is 11.6 Å². The van der Waals surface area contributed by atoms with Crippen LogP contribution in [0.25, 0.3) is 5.65 Å². The Hall–Kier alpha value is -2.61. The first kappa shape index (κ1) is 18.2. The zero-order valence-electron chi connectivity index (χ0n) is 13.6. The van der Waals surface area contributed by atoms with Crippen molar-refractivity contribution in [2.75, 3.05) is 0 Å². The maximum atomic E-state index is 13.1. The highest BCUT2D eigenvalue weighted by Gasteiger charge is 2.33. The number of nitrogens with one attached hydrogen (secondary N) is 1. The summed E-state index contributed by atoms with van der Waals surface area (Å²) >= 11 is 5.96. The lowest BCUT2D eigenvalue weighted by atomic mass is 10.2. The molecule has 0 aromatic carbocycles. The molecular formula is C17H14ClF3N4O. The van der Waals surface area contributed by atoms with Crippen LogP contribution in [0.1, 0.15) is 34.2 Å². The number of imidazole rings is 1. The van der Waals surface area contributed by atoms with Crippen LogP contribution in [-0.2, 0) is 19.1 Å². The van der Waals surface area contributed by atoms with Crippen LogP contribution in [-0.4, -0.2) is 20.3 Å². The van der Waals surface area contributed by atoms with Crippen LogP contribution in [0, 0.1) is 0 Å². The Balaban J connectivity index is 2.02. The van der Waals surface area contributed by atoms with E-state index < -0.39 is 17.6 Å². The Bertz CT molecular complexity index is 954. The van der Waals surface area contributed by atoms with E-state index in [2.05, 4.69) is 15.3 Å². The Labute approximate surface area is 151 Å². The van der Waals surface area contributed by atoms with Gasteiger partial charge in [-0.25, -0.2) is 4.98 Å². The first-order valence-corrected chi connectivity index (χ1v) is 8.13. The van der Waals surface area contributed by atoms with Gasteiger partial charge in [0.05, 0.1) is 16.3 Å². The number of aryl methyl sites for hydroxylation is 1. The topological polar surface area (TPSA) is 59.3 Å². The molecule has 3 aromatic rings. The number of pyridine rings is 2. The van der Waals surface area contributed by atoms with Crippen LogP contribution >= 0.6 is 11.6 Å². The van der Waals surface area contributed by atoms with Crippen molar-refractivity contribution in [3.8, 4) is 0 Å². The maximum Gasteiger partial charge on any atom is 0.417 e. The molecule has 0 radical (unpaired) electrons. The van der Waals surface area contributed by atoms with Gasteiger partial charge in [-0.15, -0.1) is 0 Å². The molecule has 1 N–H and O–H groups in total. The van der Waals surface area contributed by atoms with Gasteiger partial charge in [0.2, 0.25) is 0 Å². The van der Waals surface area contributed by atoms with Crippen molar-refractivity contribution in [1.29, 1.82) is 0 Å². The fourth-order valence-electron chi connectivity index (χ4n) is 2.56. The minimum absolute atomic E-state index is 0.0411. The van der Waals surface area contributed by atoms with Gasteiger partial charge < -0.3 is 5.32 Å². The average molecular weight is 383 g/mol. The van der Waals surface area contributed by atoms with Crippen molar-refractivity contribution in [2.24, 2.45) is 0 Å². The molecule has 3 rings (SSSR count). The lowest BCUT2D eigenvalue weighted by molar-refractivity contribution is -0.137. The zero-order chi connectivity index (χ0) is 18.9. The molecule has 1 amide bonds. The highest BCUT2D eigenvalue weighted by Crippen LogP contribution is 2.33. The summed E-state index contributed by atoms with van der Waals surface area (Å²) in [5.74, 6) is -0.534. The van der Waals surface area contributed by atoms with Gasteiger partial charge in [-0.3, -0.25) is 14.2 Å². The molecule has 0 unspecified atom stereocenters. The normalized spacial score (nSPS) is 11.7.